The van der Waals surface area contributed by atoms with Crippen LogP contribution in [-0.2, 0) is 18.3 Å². The Balaban J connectivity index is 2.37. The van der Waals surface area contributed by atoms with Crippen molar-refractivity contribution in [1.29, 1.82) is 0 Å². The molecule has 1 aromatic rings. The molecule has 0 spiro atoms. The van der Waals surface area contributed by atoms with Gasteiger partial charge in [0.2, 0.25) is 0 Å². The van der Waals surface area contributed by atoms with Crippen molar-refractivity contribution in [1.82, 2.24) is 9.78 Å². The van der Waals surface area contributed by atoms with Gasteiger partial charge in [-0.05, 0) is 12.0 Å². The van der Waals surface area contributed by atoms with Crippen LogP contribution in [0.4, 0.5) is 0 Å². The molecule has 0 saturated carbocycles. The SMILES string of the molecule is CC(CN)C(=O)CCc1cnn(C)c1. The fraction of sp³-hybridized carbons (Fsp3) is 0.600. The van der Waals surface area contributed by atoms with Crippen molar-refractivity contribution < 1.29 is 4.79 Å². The molecule has 0 saturated heterocycles. The van der Waals surface area contributed by atoms with E-state index < -0.39 is 0 Å². The maximum atomic E-state index is 11.4. The van der Waals surface area contributed by atoms with Crippen LogP contribution in [0, 0.1) is 5.92 Å². The van der Waals surface area contributed by atoms with Crippen LogP contribution < -0.4 is 5.73 Å². The topological polar surface area (TPSA) is 60.9 Å². The van der Waals surface area contributed by atoms with Gasteiger partial charge >= 0.3 is 0 Å². The first-order chi connectivity index (χ1) is 6.63. The second kappa shape index (κ2) is 4.91. The van der Waals surface area contributed by atoms with Crippen molar-refractivity contribution in [2.75, 3.05) is 6.54 Å². The van der Waals surface area contributed by atoms with Gasteiger partial charge in [-0.15, -0.1) is 0 Å². The van der Waals surface area contributed by atoms with Crippen molar-refractivity contribution in [2.24, 2.45) is 18.7 Å². The van der Waals surface area contributed by atoms with Gasteiger partial charge < -0.3 is 5.73 Å². The average Bonchev–Trinajstić information content (AvgIpc) is 2.59. The van der Waals surface area contributed by atoms with Gasteiger partial charge in [-0.3, -0.25) is 9.48 Å². The number of Topliss-reactive ketones (excluding diaryl/α,β-unsaturated/α-hetero) is 1. The Bertz CT molecular complexity index is 306. The van der Waals surface area contributed by atoms with Gasteiger partial charge in [-0.1, -0.05) is 6.92 Å². The monoisotopic (exact) mass is 195 g/mol. The predicted octanol–water partition coefficient (Wildman–Crippen LogP) is 0.517. The standard InChI is InChI=1S/C10H17N3O/c1-8(5-11)10(14)4-3-9-6-12-13(2)7-9/h6-8H,3-5,11H2,1-2H3. The van der Waals surface area contributed by atoms with E-state index in [1.54, 1.807) is 10.9 Å². The van der Waals surface area contributed by atoms with Crippen LogP contribution in [0.15, 0.2) is 12.4 Å². The van der Waals surface area contributed by atoms with Crippen molar-refractivity contribution in [2.45, 2.75) is 19.8 Å². The molecule has 4 nitrogen and oxygen atoms in total. The molecule has 1 heterocycles. The lowest BCUT2D eigenvalue weighted by molar-refractivity contribution is -0.122. The van der Waals surface area contributed by atoms with E-state index in [0.717, 1.165) is 12.0 Å². The van der Waals surface area contributed by atoms with Crippen molar-refractivity contribution >= 4 is 5.78 Å². The number of nitrogens with zero attached hydrogens (tertiary/aromatic N) is 2. The second-order valence-corrected chi connectivity index (χ2v) is 3.63. The molecule has 0 aromatic carbocycles. The minimum absolute atomic E-state index is 0.0216. The highest BCUT2D eigenvalue weighted by atomic mass is 16.1. The summed E-state index contributed by atoms with van der Waals surface area (Å²) in [6.45, 7) is 2.30. The number of carbonyl (C=O) groups excluding carboxylic acids is 1. The predicted molar refractivity (Wildman–Crippen MR) is 54.8 cm³/mol. The van der Waals surface area contributed by atoms with Gasteiger partial charge in [0.15, 0.2) is 0 Å². The lowest BCUT2D eigenvalue weighted by Crippen LogP contribution is -2.20. The molecule has 1 aromatic heterocycles. The molecule has 4 heteroatoms. The summed E-state index contributed by atoms with van der Waals surface area (Å²) >= 11 is 0. The normalized spacial score (nSPS) is 12.8. The fourth-order valence-corrected chi connectivity index (χ4v) is 1.25. The maximum absolute atomic E-state index is 11.4. The first-order valence-electron chi connectivity index (χ1n) is 4.83. The van der Waals surface area contributed by atoms with Crippen molar-refractivity contribution in [3.8, 4) is 0 Å². The molecule has 78 valence electrons. The van der Waals surface area contributed by atoms with E-state index in [-0.39, 0.29) is 11.7 Å². The van der Waals surface area contributed by atoms with Crippen LogP contribution in [0.25, 0.3) is 0 Å². The summed E-state index contributed by atoms with van der Waals surface area (Å²) in [5.41, 5.74) is 6.51. The molecule has 0 radical (unpaired) electrons. The zero-order valence-electron chi connectivity index (χ0n) is 8.73. The zero-order valence-corrected chi connectivity index (χ0v) is 8.73. The van der Waals surface area contributed by atoms with E-state index in [0.29, 0.717) is 13.0 Å². The Labute approximate surface area is 84.1 Å². The van der Waals surface area contributed by atoms with Crippen LogP contribution >= 0.6 is 0 Å². The summed E-state index contributed by atoms with van der Waals surface area (Å²) in [5, 5.41) is 4.04. The highest BCUT2D eigenvalue weighted by molar-refractivity contribution is 5.81. The third-order valence-electron chi connectivity index (χ3n) is 2.32. The van der Waals surface area contributed by atoms with Gasteiger partial charge in [-0.2, -0.15) is 5.10 Å². The Morgan fingerprint density at radius 1 is 1.71 bits per heavy atom. The minimum Gasteiger partial charge on any atom is -0.330 e. The van der Waals surface area contributed by atoms with E-state index in [1.165, 1.54) is 0 Å². The second-order valence-electron chi connectivity index (χ2n) is 3.63. The Kier molecular flexibility index (Phi) is 3.83. The van der Waals surface area contributed by atoms with Gasteiger partial charge in [0.1, 0.15) is 5.78 Å². The molecular formula is C10H17N3O. The quantitative estimate of drug-likeness (QED) is 0.745. The number of carbonyl (C=O) groups is 1. The number of nitrogens with two attached hydrogens (primary N) is 1. The molecule has 0 aliphatic heterocycles. The lowest BCUT2D eigenvalue weighted by atomic mass is 10.0. The van der Waals surface area contributed by atoms with E-state index >= 15 is 0 Å². The van der Waals surface area contributed by atoms with Gasteiger partial charge in [0.05, 0.1) is 6.20 Å². The van der Waals surface area contributed by atoms with Crippen LogP contribution in [0.2, 0.25) is 0 Å². The van der Waals surface area contributed by atoms with Gasteiger partial charge in [0, 0.05) is 32.1 Å². The third kappa shape index (κ3) is 2.96. The molecule has 0 fully saturated rings. The number of ketones is 1. The van der Waals surface area contributed by atoms with Gasteiger partial charge in [0.25, 0.3) is 0 Å². The minimum atomic E-state index is -0.0216. The summed E-state index contributed by atoms with van der Waals surface area (Å²) < 4.78 is 1.74. The highest BCUT2D eigenvalue weighted by Gasteiger charge is 2.10. The summed E-state index contributed by atoms with van der Waals surface area (Å²) in [4.78, 5) is 11.4. The van der Waals surface area contributed by atoms with Crippen LogP contribution in [0.1, 0.15) is 18.9 Å². The smallest absolute Gasteiger partial charge is 0.137 e. The van der Waals surface area contributed by atoms with E-state index in [4.69, 9.17) is 5.73 Å². The molecule has 0 aliphatic carbocycles. The lowest BCUT2D eigenvalue weighted by Gasteiger charge is -2.05. The van der Waals surface area contributed by atoms with E-state index in [9.17, 15) is 4.79 Å². The molecule has 0 bridgehead atoms. The average molecular weight is 195 g/mol. The molecule has 0 amide bonds. The summed E-state index contributed by atoms with van der Waals surface area (Å²) in [6.07, 6.45) is 5.04. The summed E-state index contributed by atoms with van der Waals surface area (Å²) in [6, 6.07) is 0. The number of aromatic nitrogens is 2. The largest absolute Gasteiger partial charge is 0.330 e. The number of hydrogen-bond acceptors (Lipinski definition) is 3. The van der Waals surface area contributed by atoms with Crippen LogP contribution in [0.3, 0.4) is 0 Å². The number of aryl methyl sites for hydroxylation is 2. The zero-order chi connectivity index (χ0) is 10.6. The molecule has 14 heavy (non-hydrogen) atoms. The summed E-state index contributed by atoms with van der Waals surface area (Å²) in [7, 11) is 1.87. The molecule has 1 atom stereocenters. The van der Waals surface area contributed by atoms with E-state index in [1.807, 2.05) is 20.2 Å². The molecule has 2 N–H and O–H groups in total. The first kappa shape index (κ1) is 10.9. The molecule has 0 aliphatic rings. The maximum Gasteiger partial charge on any atom is 0.137 e. The fourth-order valence-electron chi connectivity index (χ4n) is 1.25. The first-order valence-corrected chi connectivity index (χ1v) is 4.83. The third-order valence-corrected chi connectivity index (χ3v) is 2.32. The summed E-state index contributed by atoms with van der Waals surface area (Å²) in [5.74, 6) is 0.211. The Hall–Kier alpha value is -1.16. The Morgan fingerprint density at radius 3 is 2.93 bits per heavy atom. The highest BCUT2D eigenvalue weighted by Crippen LogP contribution is 2.05. The molecule has 1 rings (SSSR count). The van der Waals surface area contributed by atoms with Gasteiger partial charge in [-0.25, -0.2) is 0 Å². The van der Waals surface area contributed by atoms with Crippen LogP contribution in [0.5, 0.6) is 0 Å². The van der Waals surface area contributed by atoms with E-state index in [2.05, 4.69) is 5.10 Å². The molecule has 1 unspecified atom stereocenters. The molecular weight excluding hydrogens is 178 g/mol. The Morgan fingerprint density at radius 2 is 2.43 bits per heavy atom. The van der Waals surface area contributed by atoms with Crippen molar-refractivity contribution in [3.05, 3.63) is 18.0 Å². The van der Waals surface area contributed by atoms with Crippen molar-refractivity contribution in [3.63, 3.8) is 0 Å². The van der Waals surface area contributed by atoms with Crippen LogP contribution in [-0.4, -0.2) is 22.1 Å². The number of rotatable bonds is 5. The number of hydrogen-bond donors (Lipinski definition) is 1.